The molecule has 0 fully saturated rings. The fraction of sp³-hybridized carbons (Fsp3) is 0.444. The van der Waals surface area contributed by atoms with Gasteiger partial charge in [0.15, 0.2) is 0 Å². The summed E-state index contributed by atoms with van der Waals surface area (Å²) in [6, 6.07) is 5.84. The molecule has 5 heteroatoms. The number of aliphatic carboxylic acids is 1. The molecule has 5 nitrogen and oxygen atoms in total. The van der Waals surface area contributed by atoms with Crippen LogP contribution in [0.3, 0.4) is 0 Å². The van der Waals surface area contributed by atoms with Crippen LogP contribution >= 0.6 is 0 Å². The van der Waals surface area contributed by atoms with E-state index in [1.165, 1.54) is 4.57 Å². The summed E-state index contributed by atoms with van der Waals surface area (Å²) in [6.07, 6.45) is 3.10. The molecule has 23 heavy (non-hydrogen) atoms. The van der Waals surface area contributed by atoms with Gasteiger partial charge in [0.1, 0.15) is 0 Å². The number of carboxylic acid groups (broad SMARTS) is 1. The highest BCUT2D eigenvalue weighted by Crippen LogP contribution is 2.31. The summed E-state index contributed by atoms with van der Waals surface area (Å²) in [5, 5.41) is 10.2. The summed E-state index contributed by atoms with van der Waals surface area (Å²) in [4.78, 5) is 25.8. The molecule has 0 unspecified atom stereocenters. The zero-order valence-electron chi connectivity index (χ0n) is 13.6. The monoisotopic (exact) mass is 314 g/mol. The number of nitrogens with zero attached hydrogens (tertiary/aromatic N) is 2. The largest absolute Gasteiger partial charge is 0.474 e. The van der Waals surface area contributed by atoms with E-state index in [-0.39, 0.29) is 0 Å². The number of carboxylic acids is 1. The summed E-state index contributed by atoms with van der Waals surface area (Å²) in [7, 11) is 0. The van der Waals surface area contributed by atoms with Gasteiger partial charge in [-0.3, -0.25) is 14.3 Å². The van der Waals surface area contributed by atoms with Crippen LogP contribution in [0, 0.1) is 6.92 Å². The van der Waals surface area contributed by atoms with Crippen LogP contribution in [-0.2, 0) is 17.8 Å². The molecule has 122 valence electrons. The van der Waals surface area contributed by atoms with Gasteiger partial charge in [0, 0.05) is 24.2 Å². The smallest absolute Gasteiger partial charge is 0.395 e. The number of rotatable bonds is 3. The van der Waals surface area contributed by atoms with Gasteiger partial charge in [-0.1, -0.05) is 25.0 Å². The summed E-state index contributed by atoms with van der Waals surface area (Å²) in [6.45, 7) is 6.75. The Hall–Kier alpha value is -2.14. The minimum Gasteiger partial charge on any atom is -0.474 e. The number of carbonyl (C=O) groups is 2. The quantitative estimate of drug-likeness (QED) is 0.885. The van der Waals surface area contributed by atoms with Crippen molar-refractivity contribution in [2.45, 2.75) is 39.7 Å². The number of aromatic nitrogens is 1. The highest BCUT2D eigenvalue weighted by molar-refractivity contribution is 6.34. The maximum absolute atomic E-state index is 12.2. The summed E-state index contributed by atoms with van der Waals surface area (Å²) in [5.74, 6) is -2.27. The third-order valence-electron chi connectivity index (χ3n) is 4.60. The molecular weight excluding hydrogens is 292 g/mol. The van der Waals surface area contributed by atoms with Crippen molar-refractivity contribution in [2.24, 2.45) is 0 Å². The van der Waals surface area contributed by atoms with Crippen molar-refractivity contribution >= 4 is 22.8 Å². The van der Waals surface area contributed by atoms with Crippen LogP contribution in [0.4, 0.5) is 0 Å². The van der Waals surface area contributed by atoms with Gasteiger partial charge in [-0.25, -0.2) is 4.79 Å². The van der Waals surface area contributed by atoms with E-state index < -0.39 is 11.9 Å². The molecule has 1 aliphatic rings. The van der Waals surface area contributed by atoms with Crippen LogP contribution < -0.4 is 0 Å². The van der Waals surface area contributed by atoms with Crippen LogP contribution in [0.5, 0.6) is 0 Å². The molecule has 1 aliphatic heterocycles. The maximum atomic E-state index is 12.2. The predicted octanol–water partition coefficient (Wildman–Crippen LogP) is 2.83. The first-order chi connectivity index (χ1) is 11.0. The molecule has 0 radical (unpaired) electrons. The summed E-state index contributed by atoms with van der Waals surface area (Å²) >= 11 is 0. The normalized spacial score (nSPS) is 14.9. The first-order valence-corrected chi connectivity index (χ1v) is 8.15. The van der Waals surface area contributed by atoms with Crippen LogP contribution in [0.2, 0.25) is 0 Å². The lowest BCUT2D eigenvalue weighted by molar-refractivity contribution is -0.132. The van der Waals surface area contributed by atoms with E-state index >= 15 is 0 Å². The van der Waals surface area contributed by atoms with Gasteiger partial charge in [-0.15, -0.1) is 0 Å². The second kappa shape index (κ2) is 6.16. The molecule has 0 saturated heterocycles. The van der Waals surface area contributed by atoms with Crippen molar-refractivity contribution in [1.82, 2.24) is 9.47 Å². The van der Waals surface area contributed by atoms with Crippen LogP contribution in [0.15, 0.2) is 18.2 Å². The van der Waals surface area contributed by atoms with E-state index in [2.05, 4.69) is 17.9 Å². The molecule has 0 amide bonds. The Morgan fingerprint density at radius 1 is 1.30 bits per heavy atom. The van der Waals surface area contributed by atoms with Gasteiger partial charge in [-0.05, 0) is 44.0 Å². The molecule has 2 heterocycles. The lowest BCUT2D eigenvalue weighted by Gasteiger charge is -2.27. The highest BCUT2D eigenvalue weighted by Gasteiger charge is 2.28. The second-order valence-electron chi connectivity index (χ2n) is 6.27. The molecule has 1 aromatic heterocycles. The molecule has 3 rings (SSSR count). The zero-order chi connectivity index (χ0) is 16.6. The Balaban J connectivity index is 2.13. The molecule has 1 aromatic carbocycles. The topological polar surface area (TPSA) is 62.5 Å². The van der Waals surface area contributed by atoms with Gasteiger partial charge in [-0.2, -0.15) is 0 Å². The molecule has 0 spiro atoms. The van der Waals surface area contributed by atoms with Gasteiger partial charge in [0.2, 0.25) is 0 Å². The molecular formula is C18H22N2O3. The van der Waals surface area contributed by atoms with Crippen molar-refractivity contribution in [3.05, 3.63) is 35.0 Å². The molecule has 2 aromatic rings. The number of carbonyl (C=O) groups excluding carboxylic acids is 1. The minimum atomic E-state index is -1.41. The number of fused-ring (bicyclic) bond motifs is 3. The summed E-state index contributed by atoms with van der Waals surface area (Å²) in [5.41, 5.74) is 3.81. The fourth-order valence-electron chi connectivity index (χ4n) is 3.43. The standard InChI is InChI=1S/C18H22N2O3/c1-3-4-8-19-9-7-13-14-10-12(2)5-6-15(14)20(16(13)11-19)17(21)18(22)23/h5-6,10H,3-4,7-9,11H2,1-2H3,(H,22,23). The van der Waals surface area contributed by atoms with E-state index in [0.29, 0.717) is 12.1 Å². The molecule has 0 aliphatic carbocycles. The Labute approximate surface area is 135 Å². The van der Waals surface area contributed by atoms with E-state index in [1.54, 1.807) is 0 Å². The summed E-state index contributed by atoms with van der Waals surface area (Å²) < 4.78 is 1.41. The van der Waals surface area contributed by atoms with Crippen molar-refractivity contribution in [2.75, 3.05) is 13.1 Å². The molecule has 0 saturated carbocycles. The number of hydrogen-bond acceptors (Lipinski definition) is 3. The molecule has 0 atom stereocenters. The molecule has 0 bridgehead atoms. The SMILES string of the molecule is CCCCN1CCc2c(n(C(=O)C(=O)O)c3ccc(C)cc23)C1. The van der Waals surface area contributed by atoms with Gasteiger partial charge >= 0.3 is 11.9 Å². The minimum absolute atomic E-state index is 0.641. The Morgan fingerprint density at radius 3 is 2.78 bits per heavy atom. The first-order valence-electron chi connectivity index (χ1n) is 8.15. The Bertz CT molecular complexity index is 776. The zero-order valence-corrected chi connectivity index (χ0v) is 13.6. The lowest BCUT2D eigenvalue weighted by Crippen LogP contribution is -2.34. The lowest BCUT2D eigenvalue weighted by atomic mass is 10.0. The van der Waals surface area contributed by atoms with E-state index in [4.69, 9.17) is 0 Å². The number of aryl methyl sites for hydroxylation is 1. The van der Waals surface area contributed by atoms with E-state index in [1.807, 2.05) is 19.1 Å². The van der Waals surface area contributed by atoms with E-state index in [9.17, 15) is 14.7 Å². The highest BCUT2D eigenvalue weighted by atomic mass is 16.4. The predicted molar refractivity (Wildman–Crippen MR) is 88.8 cm³/mol. The van der Waals surface area contributed by atoms with Crippen molar-refractivity contribution in [1.29, 1.82) is 0 Å². The van der Waals surface area contributed by atoms with Gasteiger partial charge < -0.3 is 5.11 Å². The van der Waals surface area contributed by atoms with Crippen LogP contribution in [0.25, 0.3) is 10.9 Å². The average molecular weight is 314 g/mol. The Kier molecular flexibility index (Phi) is 4.22. The number of benzene rings is 1. The average Bonchev–Trinajstić information content (AvgIpc) is 2.84. The Morgan fingerprint density at radius 2 is 2.09 bits per heavy atom. The fourth-order valence-corrected chi connectivity index (χ4v) is 3.43. The van der Waals surface area contributed by atoms with Crippen LogP contribution in [0.1, 0.15) is 41.4 Å². The van der Waals surface area contributed by atoms with Gasteiger partial charge in [0.05, 0.1) is 5.52 Å². The molecule has 1 N–H and O–H groups in total. The third-order valence-corrected chi connectivity index (χ3v) is 4.60. The number of unbranched alkanes of at least 4 members (excludes halogenated alkanes) is 1. The third kappa shape index (κ3) is 2.77. The second-order valence-corrected chi connectivity index (χ2v) is 6.27. The van der Waals surface area contributed by atoms with Crippen molar-refractivity contribution in [3.8, 4) is 0 Å². The first kappa shape index (κ1) is 15.7. The van der Waals surface area contributed by atoms with Crippen molar-refractivity contribution in [3.63, 3.8) is 0 Å². The number of hydrogen-bond donors (Lipinski definition) is 1. The maximum Gasteiger partial charge on any atom is 0.395 e. The van der Waals surface area contributed by atoms with Crippen molar-refractivity contribution < 1.29 is 14.7 Å². The van der Waals surface area contributed by atoms with E-state index in [0.717, 1.165) is 54.6 Å². The van der Waals surface area contributed by atoms with Crippen LogP contribution in [-0.4, -0.2) is 39.5 Å². The van der Waals surface area contributed by atoms with Gasteiger partial charge in [0.25, 0.3) is 0 Å².